The zero-order chi connectivity index (χ0) is 12.1. The van der Waals surface area contributed by atoms with Gasteiger partial charge in [-0.05, 0) is 19.4 Å². The van der Waals surface area contributed by atoms with Crippen molar-refractivity contribution in [3.05, 3.63) is 23.8 Å². The lowest BCUT2D eigenvalue weighted by molar-refractivity contribution is 0.527. The predicted molar refractivity (Wildman–Crippen MR) is 71.7 cm³/mol. The summed E-state index contributed by atoms with van der Waals surface area (Å²) in [5.41, 5.74) is 1.02. The molecule has 0 saturated heterocycles. The number of nitrogens with one attached hydrogen (secondary N) is 1. The van der Waals surface area contributed by atoms with E-state index in [2.05, 4.69) is 21.8 Å². The van der Waals surface area contributed by atoms with Gasteiger partial charge in [-0.15, -0.1) is 16.9 Å². The average Bonchev–Trinajstić information content (AvgIpc) is 2.93. The van der Waals surface area contributed by atoms with E-state index >= 15 is 0 Å². The van der Waals surface area contributed by atoms with Crippen LogP contribution in [0, 0.1) is 6.92 Å². The van der Waals surface area contributed by atoms with Gasteiger partial charge in [-0.25, -0.2) is 0 Å². The Bertz CT molecular complexity index is 467. The summed E-state index contributed by atoms with van der Waals surface area (Å²) >= 11 is 3.15. The summed E-state index contributed by atoms with van der Waals surface area (Å²) in [6.07, 6.45) is 2.82. The molecule has 92 valence electrons. The Kier molecular flexibility index (Phi) is 4.44. The number of aromatic nitrogens is 2. The second-order valence-corrected chi connectivity index (χ2v) is 5.38. The fourth-order valence-corrected chi connectivity index (χ4v) is 2.94. The Morgan fingerprint density at radius 1 is 1.53 bits per heavy atom. The molecule has 1 N–H and O–H groups in total. The van der Waals surface area contributed by atoms with E-state index in [0.717, 1.165) is 35.2 Å². The van der Waals surface area contributed by atoms with Gasteiger partial charge in [0.2, 0.25) is 0 Å². The molecule has 2 aromatic rings. The molecule has 2 rings (SSSR count). The largest absolute Gasteiger partial charge is 0.468 e. The summed E-state index contributed by atoms with van der Waals surface area (Å²) in [7, 11) is 0. The summed E-state index contributed by atoms with van der Waals surface area (Å²) in [5, 5.41) is 8.58. The number of hydrogen-bond acceptors (Lipinski definition) is 6. The highest BCUT2D eigenvalue weighted by molar-refractivity contribution is 7.98. The van der Waals surface area contributed by atoms with E-state index in [-0.39, 0.29) is 0 Å². The maximum absolute atomic E-state index is 5.26. The minimum Gasteiger partial charge on any atom is -0.468 e. The second-order valence-electron chi connectivity index (χ2n) is 3.61. The van der Waals surface area contributed by atoms with Crippen molar-refractivity contribution in [1.29, 1.82) is 0 Å². The van der Waals surface area contributed by atoms with Crippen LogP contribution in [0.15, 0.2) is 21.6 Å². The van der Waals surface area contributed by atoms with Gasteiger partial charge >= 0.3 is 0 Å². The van der Waals surface area contributed by atoms with Gasteiger partial charge in [0.1, 0.15) is 16.5 Å². The van der Waals surface area contributed by atoms with Crippen LogP contribution in [0.5, 0.6) is 0 Å². The van der Waals surface area contributed by atoms with Crippen molar-refractivity contribution in [3.8, 4) is 0 Å². The number of aryl methyl sites for hydroxylation is 1. The van der Waals surface area contributed by atoms with Crippen molar-refractivity contribution < 1.29 is 4.42 Å². The first-order valence-corrected chi connectivity index (χ1v) is 7.29. The fraction of sp³-hybridized carbons (Fsp3) is 0.455. The third-order valence-corrected chi connectivity index (χ3v) is 4.15. The maximum atomic E-state index is 5.26. The van der Waals surface area contributed by atoms with Gasteiger partial charge in [-0.2, -0.15) is 0 Å². The minimum atomic E-state index is 0.822. The molecule has 0 aliphatic carbocycles. The molecule has 0 amide bonds. The van der Waals surface area contributed by atoms with Crippen LogP contribution in [0.3, 0.4) is 0 Å². The molecule has 0 atom stereocenters. The molecule has 2 heterocycles. The molecule has 17 heavy (non-hydrogen) atoms. The molecule has 0 aliphatic rings. The van der Waals surface area contributed by atoms with Gasteiger partial charge in [0.05, 0.1) is 6.26 Å². The zero-order valence-electron chi connectivity index (χ0n) is 9.90. The first-order valence-electron chi connectivity index (χ1n) is 5.53. The third kappa shape index (κ3) is 3.23. The van der Waals surface area contributed by atoms with Crippen LogP contribution in [0.2, 0.25) is 0 Å². The standard InChI is InChI=1S/C11H15N3OS2/c1-3-5-12-11-9(13-14-17-11)7-16-10-4-6-15-8(10)2/h4,6,12H,3,5,7H2,1-2H3. The highest BCUT2D eigenvalue weighted by Crippen LogP contribution is 2.29. The molecular formula is C11H15N3OS2. The Labute approximate surface area is 109 Å². The van der Waals surface area contributed by atoms with Crippen LogP contribution in [0.25, 0.3) is 0 Å². The summed E-state index contributed by atoms with van der Waals surface area (Å²) in [4.78, 5) is 1.17. The number of hydrogen-bond donors (Lipinski definition) is 1. The van der Waals surface area contributed by atoms with Crippen LogP contribution in [-0.2, 0) is 5.75 Å². The van der Waals surface area contributed by atoms with Gasteiger partial charge in [0.25, 0.3) is 0 Å². The quantitative estimate of drug-likeness (QED) is 0.813. The number of furan rings is 1. The molecule has 0 aliphatic heterocycles. The molecule has 2 aromatic heterocycles. The highest BCUT2D eigenvalue weighted by Gasteiger charge is 2.09. The minimum absolute atomic E-state index is 0.822. The number of thioether (sulfide) groups is 1. The van der Waals surface area contributed by atoms with Crippen LogP contribution in [0.4, 0.5) is 5.00 Å². The lowest BCUT2D eigenvalue weighted by atomic mass is 10.4. The molecule has 0 aromatic carbocycles. The fourth-order valence-electron chi connectivity index (χ4n) is 1.35. The topological polar surface area (TPSA) is 51.0 Å². The Hall–Kier alpha value is -1.01. The maximum Gasteiger partial charge on any atom is 0.134 e. The molecule has 0 radical (unpaired) electrons. The SMILES string of the molecule is CCCNc1snnc1CSc1ccoc1C. The van der Waals surface area contributed by atoms with E-state index in [1.165, 1.54) is 16.4 Å². The lowest BCUT2D eigenvalue weighted by Gasteiger charge is -2.02. The summed E-state index contributed by atoms with van der Waals surface area (Å²) in [6.45, 7) is 5.08. The first-order chi connectivity index (χ1) is 8.31. The van der Waals surface area contributed by atoms with E-state index < -0.39 is 0 Å². The van der Waals surface area contributed by atoms with Crippen LogP contribution < -0.4 is 5.32 Å². The Morgan fingerprint density at radius 3 is 3.12 bits per heavy atom. The Morgan fingerprint density at radius 2 is 2.41 bits per heavy atom. The average molecular weight is 269 g/mol. The van der Waals surface area contributed by atoms with E-state index in [4.69, 9.17) is 4.42 Å². The van der Waals surface area contributed by atoms with Crippen molar-refractivity contribution in [3.63, 3.8) is 0 Å². The number of rotatable bonds is 6. The zero-order valence-corrected chi connectivity index (χ0v) is 11.5. The number of anilines is 1. The summed E-state index contributed by atoms with van der Waals surface area (Å²) < 4.78 is 9.25. The van der Waals surface area contributed by atoms with E-state index in [9.17, 15) is 0 Å². The molecule has 6 heteroatoms. The molecular weight excluding hydrogens is 254 g/mol. The van der Waals surface area contributed by atoms with Crippen molar-refractivity contribution in [2.75, 3.05) is 11.9 Å². The van der Waals surface area contributed by atoms with E-state index in [1.54, 1.807) is 18.0 Å². The van der Waals surface area contributed by atoms with Gasteiger partial charge in [-0.3, -0.25) is 0 Å². The molecule has 0 saturated carbocycles. The van der Waals surface area contributed by atoms with Crippen LogP contribution in [-0.4, -0.2) is 16.1 Å². The van der Waals surface area contributed by atoms with E-state index in [0.29, 0.717) is 0 Å². The highest BCUT2D eigenvalue weighted by atomic mass is 32.2. The lowest BCUT2D eigenvalue weighted by Crippen LogP contribution is -2.00. The molecule has 0 fully saturated rings. The summed E-state index contributed by atoms with van der Waals surface area (Å²) in [6, 6.07) is 1.99. The monoisotopic (exact) mass is 269 g/mol. The summed E-state index contributed by atoms with van der Waals surface area (Å²) in [5.74, 6) is 1.78. The number of nitrogens with zero attached hydrogens (tertiary/aromatic N) is 2. The first kappa shape index (κ1) is 12.4. The van der Waals surface area contributed by atoms with E-state index in [1.807, 2.05) is 13.0 Å². The smallest absolute Gasteiger partial charge is 0.134 e. The van der Waals surface area contributed by atoms with Crippen molar-refractivity contribution in [1.82, 2.24) is 9.59 Å². The predicted octanol–water partition coefficient (Wildman–Crippen LogP) is 3.55. The molecule has 0 spiro atoms. The molecule has 4 nitrogen and oxygen atoms in total. The molecule has 0 unspecified atom stereocenters. The van der Waals surface area contributed by atoms with Crippen molar-refractivity contribution >= 4 is 28.3 Å². The Balaban J connectivity index is 1.95. The van der Waals surface area contributed by atoms with Gasteiger partial charge in [-0.1, -0.05) is 11.4 Å². The van der Waals surface area contributed by atoms with Crippen molar-refractivity contribution in [2.24, 2.45) is 0 Å². The van der Waals surface area contributed by atoms with Gasteiger partial charge < -0.3 is 9.73 Å². The normalized spacial score (nSPS) is 10.7. The third-order valence-electron chi connectivity index (χ3n) is 2.27. The van der Waals surface area contributed by atoms with Crippen LogP contribution in [0.1, 0.15) is 24.8 Å². The van der Waals surface area contributed by atoms with Crippen molar-refractivity contribution in [2.45, 2.75) is 30.9 Å². The van der Waals surface area contributed by atoms with Crippen LogP contribution >= 0.6 is 23.3 Å². The second kappa shape index (κ2) is 6.07. The van der Waals surface area contributed by atoms with Gasteiger partial charge in [0.15, 0.2) is 0 Å². The molecule has 0 bridgehead atoms. The van der Waals surface area contributed by atoms with Gasteiger partial charge in [0, 0.05) is 28.7 Å².